The SMILES string of the molecule is CC(C)C(CCO)NC(=O)CN. The van der Waals surface area contributed by atoms with Gasteiger partial charge in [-0.15, -0.1) is 0 Å². The first-order chi connectivity index (χ1) is 5.61. The van der Waals surface area contributed by atoms with Crippen molar-refractivity contribution in [2.45, 2.75) is 26.3 Å². The van der Waals surface area contributed by atoms with Gasteiger partial charge < -0.3 is 16.2 Å². The minimum Gasteiger partial charge on any atom is -0.396 e. The molecule has 0 aromatic rings. The number of carbonyl (C=O) groups excluding carboxylic acids is 1. The molecule has 0 aliphatic rings. The second-order valence-corrected chi connectivity index (χ2v) is 3.13. The second kappa shape index (κ2) is 5.97. The lowest BCUT2D eigenvalue weighted by molar-refractivity contribution is -0.120. The van der Waals surface area contributed by atoms with Crippen molar-refractivity contribution in [1.82, 2.24) is 5.32 Å². The highest BCUT2D eigenvalue weighted by Gasteiger charge is 2.13. The molecule has 0 radical (unpaired) electrons. The summed E-state index contributed by atoms with van der Waals surface area (Å²) in [6, 6.07) is 0.0334. The fraction of sp³-hybridized carbons (Fsp3) is 0.875. The van der Waals surface area contributed by atoms with Crippen molar-refractivity contribution in [2.75, 3.05) is 13.2 Å². The second-order valence-electron chi connectivity index (χ2n) is 3.13. The molecule has 0 aliphatic heterocycles. The molecule has 0 saturated carbocycles. The topological polar surface area (TPSA) is 75.3 Å². The van der Waals surface area contributed by atoms with Crippen molar-refractivity contribution < 1.29 is 9.90 Å². The highest BCUT2D eigenvalue weighted by Crippen LogP contribution is 2.04. The van der Waals surface area contributed by atoms with E-state index in [-0.39, 0.29) is 25.1 Å². The summed E-state index contributed by atoms with van der Waals surface area (Å²) in [5, 5.41) is 11.4. The predicted molar refractivity (Wildman–Crippen MR) is 47.5 cm³/mol. The molecule has 72 valence electrons. The Morgan fingerprint density at radius 2 is 2.17 bits per heavy atom. The molecule has 12 heavy (non-hydrogen) atoms. The average molecular weight is 174 g/mol. The highest BCUT2D eigenvalue weighted by molar-refractivity contribution is 5.78. The number of nitrogens with two attached hydrogens (primary N) is 1. The zero-order valence-electron chi connectivity index (χ0n) is 7.71. The molecule has 1 atom stereocenters. The molecule has 0 aromatic carbocycles. The highest BCUT2D eigenvalue weighted by atomic mass is 16.3. The van der Waals surface area contributed by atoms with E-state index < -0.39 is 0 Å². The lowest BCUT2D eigenvalue weighted by Gasteiger charge is -2.20. The number of aliphatic hydroxyl groups is 1. The van der Waals surface area contributed by atoms with E-state index in [0.29, 0.717) is 12.3 Å². The Hall–Kier alpha value is -0.610. The van der Waals surface area contributed by atoms with Crippen molar-refractivity contribution in [2.24, 2.45) is 11.7 Å². The van der Waals surface area contributed by atoms with Gasteiger partial charge in [0.1, 0.15) is 0 Å². The third-order valence-electron chi connectivity index (χ3n) is 1.78. The summed E-state index contributed by atoms with van der Waals surface area (Å²) >= 11 is 0. The van der Waals surface area contributed by atoms with Gasteiger partial charge >= 0.3 is 0 Å². The van der Waals surface area contributed by atoms with Crippen LogP contribution in [0, 0.1) is 5.92 Å². The molecular formula is C8H18N2O2. The molecule has 0 aliphatic carbocycles. The molecule has 0 saturated heterocycles. The summed E-state index contributed by atoms with van der Waals surface area (Å²) in [6.07, 6.45) is 0.587. The standard InChI is InChI=1S/C8H18N2O2/c1-6(2)7(3-4-11)10-8(12)5-9/h6-7,11H,3-5,9H2,1-2H3,(H,10,12). The van der Waals surface area contributed by atoms with Crippen LogP contribution in [0.1, 0.15) is 20.3 Å². The van der Waals surface area contributed by atoms with E-state index in [0.717, 1.165) is 0 Å². The third-order valence-corrected chi connectivity index (χ3v) is 1.78. The Bertz CT molecular complexity index is 137. The van der Waals surface area contributed by atoms with Crippen molar-refractivity contribution in [3.63, 3.8) is 0 Å². The molecule has 0 rings (SSSR count). The first kappa shape index (κ1) is 11.4. The summed E-state index contributed by atoms with van der Waals surface area (Å²) < 4.78 is 0. The number of carbonyl (C=O) groups is 1. The Morgan fingerprint density at radius 1 is 1.58 bits per heavy atom. The number of nitrogens with one attached hydrogen (secondary N) is 1. The monoisotopic (exact) mass is 174 g/mol. The Balaban J connectivity index is 3.86. The van der Waals surface area contributed by atoms with E-state index in [2.05, 4.69) is 5.32 Å². The Kier molecular flexibility index (Phi) is 5.66. The van der Waals surface area contributed by atoms with Crippen LogP contribution in [0.4, 0.5) is 0 Å². The van der Waals surface area contributed by atoms with Crippen LogP contribution in [0.5, 0.6) is 0 Å². The van der Waals surface area contributed by atoms with E-state index in [4.69, 9.17) is 10.8 Å². The average Bonchev–Trinajstić information content (AvgIpc) is 2.03. The number of aliphatic hydroxyl groups excluding tert-OH is 1. The summed E-state index contributed by atoms with van der Waals surface area (Å²) in [5.41, 5.74) is 5.14. The maximum Gasteiger partial charge on any atom is 0.233 e. The van der Waals surface area contributed by atoms with E-state index in [1.807, 2.05) is 13.8 Å². The lowest BCUT2D eigenvalue weighted by atomic mass is 10.0. The van der Waals surface area contributed by atoms with Crippen molar-refractivity contribution >= 4 is 5.91 Å². The minimum atomic E-state index is -0.165. The van der Waals surface area contributed by atoms with Gasteiger partial charge in [0, 0.05) is 12.6 Å². The van der Waals surface area contributed by atoms with Crippen LogP contribution in [0.25, 0.3) is 0 Å². The molecule has 1 amide bonds. The molecule has 0 spiro atoms. The molecular weight excluding hydrogens is 156 g/mol. The molecule has 4 nitrogen and oxygen atoms in total. The molecule has 0 bridgehead atoms. The van der Waals surface area contributed by atoms with Crippen LogP contribution < -0.4 is 11.1 Å². The van der Waals surface area contributed by atoms with Gasteiger partial charge in [0.25, 0.3) is 0 Å². The summed E-state index contributed by atoms with van der Waals surface area (Å²) in [6.45, 7) is 4.09. The van der Waals surface area contributed by atoms with Gasteiger partial charge in [-0.3, -0.25) is 4.79 Å². The molecule has 0 heterocycles. The smallest absolute Gasteiger partial charge is 0.233 e. The molecule has 4 heteroatoms. The van der Waals surface area contributed by atoms with Crippen LogP contribution in [0.3, 0.4) is 0 Å². The third kappa shape index (κ3) is 4.31. The number of hydrogen-bond donors (Lipinski definition) is 3. The predicted octanol–water partition coefficient (Wildman–Crippen LogP) is -0.532. The van der Waals surface area contributed by atoms with Crippen LogP contribution in [0.15, 0.2) is 0 Å². The summed E-state index contributed by atoms with van der Waals surface area (Å²) in [7, 11) is 0. The Morgan fingerprint density at radius 3 is 2.50 bits per heavy atom. The van der Waals surface area contributed by atoms with Gasteiger partial charge in [0.15, 0.2) is 0 Å². The molecule has 1 unspecified atom stereocenters. The molecule has 0 aromatic heterocycles. The largest absolute Gasteiger partial charge is 0.396 e. The molecule has 0 fully saturated rings. The zero-order valence-corrected chi connectivity index (χ0v) is 7.71. The van der Waals surface area contributed by atoms with Crippen LogP contribution in [0.2, 0.25) is 0 Å². The van der Waals surface area contributed by atoms with Crippen molar-refractivity contribution in [1.29, 1.82) is 0 Å². The van der Waals surface area contributed by atoms with Crippen molar-refractivity contribution in [3.05, 3.63) is 0 Å². The number of amides is 1. The maximum absolute atomic E-state index is 10.9. The van der Waals surface area contributed by atoms with Crippen LogP contribution >= 0.6 is 0 Å². The first-order valence-electron chi connectivity index (χ1n) is 4.22. The van der Waals surface area contributed by atoms with E-state index in [1.165, 1.54) is 0 Å². The first-order valence-corrected chi connectivity index (χ1v) is 4.22. The van der Waals surface area contributed by atoms with Gasteiger partial charge in [-0.05, 0) is 12.3 Å². The fourth-order valence-electron chi connectivity index (χ4n) is 0.977. The van der Waals surface area contributed by atoms with Crippen LogP contribution in [-0.2, 0) is 4.79 Å². The lowest BCUT2D eigenvalue weighted by Crippen LogP contribution is -2.42. The number of rotatable bonds is 5. The van der Waals surface area contributed by atoms with Gasteiger partial charge in [-0.25, -0.2) is 0 Å². The van der Waals surface area contributed by atoms with Gasteiger partial charge in [0.05, 0.1) is 6.54 Å². The van der Waals surface area contributed by atoms with E-state index >= 15 is 0 Å². The summed E-state index contributed by atoms with van der Waals surface area (Å²) in [5.74, 6) is 0.162. The molecule has 4 N–H and O–H groups in total. The summed E-state index contributed by atoms with van der Waals surface area (Å²) in [4.78, 5) is 10.9. The van der Waals surface area contributed by atoms with Crippen LogP contribution in [-0.4, -0.2) is 30.2 Å². The van der Waals surface area contributed by atoms with Gasteiger partial charge in [-0.1, -0.05) is 13.8 Å². The zero-order chi connectivity index (χ0) is 9.56. The van der Waals surface area contributed by atoms with Gasteiger partial charge in [0.2, 0.25) is 5.91 Å². The minimum absolute atomic E-state index is 0.00858. The fourth-order valence-corrected chi connectivity index (χ4v) is 0.977. The number of hydrogen-bond acceptors (Lipinski definition) is 3. The van der Waals surface area contributed by atoms with E-state index in [9.17, 15) is 4.79 Å². The van der Waals surface area contributed by atoms with Crippen molar-refractivity contribution in [3.8, 4) is 0 Å². The Labute approximate surface area is 73.1 Å². The van der Waals surface area contributed by atoms with Gasteiger partial charge in [-0.2, -0.15) is 0 Å². The normalized spacial score (nSPS) is 13.1. The van der Waals surface area contributed by atoms with E-state index in [1.54, 1.807) is 0 Å². The maximum atomic E-state index is 10.9. The quantitative estimate of drug-likeness (QED) is 0.524.